The predicted octanol–water partition coefficient (Wildman–Crippen LogP) is 3.10. The summed E-state index contributed by atoms with van der Waals surface area (Å²) in [5.74, 6) is 0.0576. The molecule has 0 aromatic heterocycles. The van der Waals surface area contributed by atoms with Gasteiger partial charge in [0.05, 0.1) is 0 Å². The van der Waals surface area contributed by atoms with Crippen molar-refractivity contribution >= 4 is 12.0 Å². The molecule has 1 atom stereocenters. The van der Waals surface area contributed by atoms with Crippen LogP contribution in [-0.4, -0.2) is 41.1 Å². The van der Waals surface area contributed by atoms with Crippen LogP contribution in [0.4, 0.5) is 4.79 Å². The largest absolute Gasteiger partial charge is 0.480 e. The molecule has 0 aromatic carbocycles. The van der Waals surface area contributed by atoms with E-state index in [-0.39, 0.29) is 18.0 Å². The van der Waals surface area contributed by atoms with Crippen LogP contribution in [0, 0.1) is 11.8 Å². The number of carbonyl (C=O) groups excluding carboxylic acids is 1. The fourth-order valence-corrected chi connectivity index (χ4v) is 3.05. The summed E-state index contributed by atoms with van der Waals surface area (Å²) in [6, 6.07) is -0.823. The lowest BCUT2D eigenvalue weighted by molar-refractivity contribution is -0.139. The lowest BCUT2D eigenvalue weighted by Gasteiger charge is -2.35. The standard InChI is InChI=1S/C16H30N2O3/c1-5-12-6-8-13(9-7-12)18(4)16(21)17-14(15(19)20)10-11(2)3/h11-14H,5-10H2,1-4H3,(H,17,21)(H,19,20)/t12?,13?,14-/m1/s1. The lowest BCUT2D eigenvalue weighted by atomic mass is 9.84. The van der Waals surface area contributed by atoms with E-state index in [1.165, 1.54) is 6.42 Å². The topological polar surface area (TPSA) is 69.6 Å². The molecular weight excluding hydrogens is 268 g/mol. The highest BCUT2D eigenvalue weighted by Crippen LogP contribution is 2.28. The minimum absolute atomic E-state index is 0.233. The van der Waals surface area contributed by atoms with Crippen LogP contribution in [0.5, 0.6) is 0 Å². The molecule has 0 heterocycles. The number of aliphatic carboxylic acids is 1. The van der Waals surface area contributed by atoms with Crippen LogP contribution in [0.15, 0.2) is 0 Å². The minimum atomic E-state index is -0.958. The zero-order chi connectivity index (χ0) is 16.0. The molecule has 1 saturated carbocycles. The second kappa shape index (κ2) is 8.25. The zero-order valence-electron chi connectivity index (χ0n) is 13.8. The van der Waals surface area contributed by atoms with Crippen molar-refractivity contribution < 1.29 is 14.7 Å². The van der Waals surface area contributed by atoms with Gasteiger partial charge in [-0.25, -0.2) is 9.59 Å². The SMILES string of the molecule is CCC1CCC(N(C)C(=O)N[C@H](CC(C)C)C(=O)O)CC1. The van der Waals surface area contributed by atoms with Crippen LogP contribution in [-0.2, 0) is 4.79 Å². The molecule has 2 amide bonds. The predicted molar refractivity (Wildman–Crippen MR) is 83.2 cm³/mol. The molecule has 0 radical (unpaired) electrons. The Hall–Kier alpha value is -1.26. The molecule has 122 valence electrons. The summed E-state index contributed by atoms with van der Waals surface area (Å²) >= 11 is 0. The second-order valence-electron chi connectivity index (χ2n) is 6.66. The molecule has 2 N–H and O–H groups in total. The van der Waals surface area contributed by atoms with Gasteiger partial charge in [0.1, 0.15) is 6.04 Å². The summed E-state index contributed by atoms with van der Waals surface area (Å²) < 4.78 is 0. The Morgan fingerprint density at radius 2 is 1.81 bits per heavy atom. The Labute approximate surface area is 128 Å². The number of hydrogen-bond acceptors (Lipinski definition) is 2. The first-order chi connectivity index (χ1) is 9.85. The van der Waals surface area contributed by atoms with Crippen LogP contribution in [0.25, 0.3) is 0 Å². The molecule has 1 rings (SSSR count). The molecule has 0 spiro atoms. The molecular formula is C16H30N2O3. The van der Waals surface area contributed by atoms with Gasteiger partial charge in [-0.15, -0.1) is 0 Å². The molecule has 0 bridgehead atoms. The fourth-order valence-electron chi connectivity index (χ4n) is 3.05. The van der Waals surface area contributed by atoms with Crippen molar-refractivity contribution in [3.63, 3.8) is 0 Å². The maximum absolute atomic E-state index is 12.2. The average Bonchev–Trinajstić information content (AvgIpc) is 2.45. The summed E-state index contributed by atoms with van der Waals surface area (Å²) in [5.41, 5.74) is 0. The maximum Gasteiger partial charge on any atom is 0.326 e. The third-order valence-corrected chi connectivity index (χ3v) is 4.56. The summed E-state index contributed by atoms with van der Waals surface area (Å²) in [5, 5.41) is 11.9. The van der Waals surface area contributed by atoms with Gasteiger partial charge in [-0.3, -0.25) is 0 Å². The first kappa shape index (κ1) is 17.8. The number of carboxylic acid groups (broad SMARTS) is 1. The molecule has 5 heteroatoms. The van der Waals surface area contributed by atoms with Crippen LogP contribution in [0.3, 0.4) is 0 Å². The zero-order valence-corrected chi connectivity index (χ0v) is 13.8. The summed E-state index contributed by atoms with van der Waals surface area (Å²) in [6.07, 6.45) is 6.02. The molecule has 21 heavy (non-hydrogen) atoms. The van der Waals surface area contributed by atoms with E-state index in [2.05, 4.69) is 12.2 Å². The van der Waals surface area contributed by atoms with Gasteiger partial charge in [0.15, 0.2) is 0 Å². The van der Waals surface area contributed by atoms with Crippen LogP contribution >= 0.6 is 0 Å². The Balaban J connectivity index is 2.51. The minimum Gasteiger partial charge on any atom is -0.480 e. The number of nitrogens with zero attached hydrogens (tertiary/aromatic N) is 1. The van der Waals surface area contributed by atoms with Gasteiger partial charge in [0, 0.05) is 13.1 Å². The monoisotopic (exact) mass is 298 g/mol. The second-order valence-corrected chi connectivity index (χ2v) is 6.66. The van der Waals surface area contributed by atoms with Crippen molar-refractivity contribution in [3.8, 4) is 0 Å². The highest BCUT2D eigenvalue weighted by molar-refractivity contribution is 5.82. The van der Waals surface area contributed by atoms with E-state index >= 15 is 0 Å². The Bertz CT molecular complexity index is 349. The Morgan fingerprint density at radius 1 is 1.24 bits per heavy atom. The van der Waals surface area contributed by atoms with Gasteiger partial charge >= 0.3 is 12.0 Å². The maximum atomic E-state index is 12.2. The number of hydrogen-bond donors (Lipinski definition) is 2. The Morgan fingerprint density at radius 3 is 2.24 bits per heavy atom. The number of carboxylic acids is 1. The first-order valence-electron chi connectivity index (χ1n) is 8.11. The molecule has 0 aliphatic heterocycles. The van der Waals surface area contributed by atoms with Gasteiger partial charge in [-0.2, -0.15) is 0 Å². The van der Waals surface area contributed by atoms with E-state index in [1.807, 2.05) is 13.8 Å². The van der Waals surface area contributed by atoms with Gasteiger partial charge < -0.3 is 15.3 Å². The van der Waals surface area contributed by atoms with Crippen molar-refractivity contribution in [2.75, 3.05) is 7.05 Å². The summed E-state index contributed by atoms with van der Waals surface area (Å²) in [7, 11) is 1.78. The summed E-state index contributed by atoms with van der Waals surface area (Å²) in [6.45, 7) is 6.13. The van der Waals surface area contributed by atoms with E-state index in [9.17, 15) is 14.7 Å². The van der Waals surface area contributed by atoms with E-state index in [1.54, 1.807) is 11.9 Å². The third-order valence-electron chi connectivity index (χ3n) is 4.56. The number of carbonyl (C=O) groups is 2. The smallest absolute Gasteiger partial charge is 0.326 e. The highest BCUT2D eigenvalue weighted by atomic mass is 16.4. The number of nitrogens with one attached hydrogen (secondary N) is 1. The van der Waals surface area contributed by atoms with E-state index in [4.69, 9.17) is 0 Å². The fraction of sp³-hybridized carbons (Fsp3) is 0.875. The van der Waals surface area contributed by atoms with E-state index in [0.29, 0.717) is 6.42 Å². The molecule has 1 fully saturated rings. The quantitative estimate of drug-likeness (QED) is 0.791. The normalized spacial score (nSPS) is 23.7. The van der Waals surface area contributed by atoms with Crippen molar-refractivity contribution in [1.82, 2.24) is 10.2 Å². The molecule has 0 aromatic rings. The third kappa shape index (κ3) is 5.56. The van der Waals surface area contributed by atoms with Crippen LogP contribution < -0.4 is 5.32 Å². The summed E-state index contributed by atoms with van der Waals surface area (Å²) in [4.78, 5) is 25.2. The van der Waals surface area contributed by atoms with Gasteiger partial charge in [-0.1, -0.05) is 27.2 Å². The number of amides is 2. The van der Waals surface area contributed by atoms with Crippen molar-refractivity contribution in [2.24, 2.45) is 11.8 Å². The van der Waals surface area contributed by atoms with E-state index < -0.39 is 12.0 Å². The van der Waals surface area contributed by atoms with Crippen LogP contribution in [0.2, 0.25) is 0 Å². The molecule has 5 nitrogen and oxygen atoms in total. The number of urea groups is 1. The Kier molecular flexibility index (Phi) is 6.99. The highest BCUT2D eigenvalue weighted by Gasteiger charge is 2.28. The molecule has 0 saturated heterocycles. The van der Waals surface area contributed by atoms with Gasteiger partial charge in [-0.05, 0) is 43.9 Å². The van der Waals surface area contributed by atoms with Crippen molar-refractivity contribution in [2.45, 2.75) is 71.4 Å². The molecule has 1 aliphatic carbocycles. The lowest BCUT2D eigenvalue weighted by Crippen LogP contribution is -2.50. The molecule has 0 unspecified atom stereocenters. The van der Waals surface area contributed by atoms with Gasteiger partial charge in [0.2, 0.25) is 0 Å². The van der Waals surface area contributed by atoms with E-state index in [0.717, 1.165) is 31.6 Å². The van der Waals surface area contributed by atoms with Crippen molar-refractivity contribution in [3.05, 3.63) is 0 Å². The van der Waals surface area contributed by atoms with Crippen molar-refractivity contribution in [1.29, 1.82) is 0 Å². The first-order valence-corrected chi connectivity index (χ1v) is 8.11. The average molecular weight is 298 g/mol. The van der Waals surface area contributed by atoms with Crippen LogP contribution in [0.1, 0.15) is 59.3 Å². The number of rotatable bonds is 6. The van der Waals surface area contributed by atoms with Gasteiger partial charge in [0.25, 0.3) is 0 Å². The molecule has 1 aliphatic rings.